The average molecular weight is 339 g/mol. The van der Waals surface area contributed by atoms with E-state index in [4.69, 9.17) is 11.6 Å². The smallest absolute Gasteiger partial charge is 0.220 e. The Kier molecular flexibility index (Phi) is 6.88. The van der Waals surface area contributed by atoms with Gasteiger partial charge in [-0.15, -0.1) is 0 Å². The zero-order chi connectivity index (χ0) is 16.8. The van der Waals surface area contributed by atoms with Gasteiger partial charge in [0.2, 0.25) is 5.91 Å². The minimum absolute atomic E-state index is 0.0287. The second-order valence-corrected chi connectivity index (χ2v) is 7.09. The Hall–Kier alpha value is -1.10. The lowest BCUT2D eigenvalue weighted by Gasteiger charge is -2.34. The number of halogens is 1. The largest absolute Gasteiger partial charge is 0.387 e. The second kappa shape index (κ2) is 8.67. The molecule has 1 aliphatic heterocycles. The van der Waals surface area contributed by atoms with E-state index in [1.807, 2.05) is 0 Å². The maximum absolute atomic E-state index is 12.1. The van der Waals surface area contributed by atoms with Crippen molar-refractivity contribution in [2.24, 2.45) is 5.92 Å². The molecular formula is C18H27ClN2O2. The number of amides is 1. The molecule has 128 valence electrons. The van der Waals surface area contributed by atoms with Crippen LogP contribution in [0.5, 0.6) is 0 Å². The molecule has 0 bridgehead atoms. The summed E-state index contributed by atoms with van der Waals surface area (Å²) >= 11 is 5.83. The van der Waals surface area contributed by atoms with Crippen molar-refractivity contribution in [3.63, 3.8) is 0 Å². The van der Waals surface area contributed by atoms with Gasteiger partial charge in [-0.05, 0) is 63.4 Å². The molecule has 5 heteroatoms. The number of carbonyl (C=O) groups is 1. The Balaban J connectivity index is 1.70. The Morgan fingerprint density at radius 2 is 1.91 bits per heavy atom. The molecule has 0 radical (unpaired) electrons. The van der Waals surface area contributed by atoms with Crippen LogP contribution in [0.25, 0.3) is 0 Å². The average Bonchev–Trinajstić information content (AvgIpc) is 2.54. The summed E-state index contributed by atoms with van der Waals surface area (Å²) in [7, 11) is 0. The van der Waals surface area contributed by atoms with E-state index < -0.39 is 6.10 Å². The van der Waals surface area contributed by atoms with Crippen LogP contribution in [0.1, 0.15) is 44.8 Å². The predicted molar refractivity (Wildman–Crippen MR) is 93.5 cm³/mol. The third-order valence-corrected chi connectivity index (χ3v) is 4.85. The van der Waals surface area contributed by atoms with Gasteiger partial charge in [-0.3, -0.25) is 4.79 Å². The molecule has 23 heavy (non-hydrogen) atoms. The molecule has 2 N–H and O–H groups in total. The van der Waals surface area contributed by atoms with Crippen LogP contribution in [-0.2, 0) is 4.79 Å². The van der Waals surface area contributed by atoms with Gasteiger partial charge in [0.1, 0.15) is 0 Å². The Morgan fingerprint density at radius 1 is 1.30 bits per heavy atom. The topological polar surface area (TPSA) is 52.6 Å². The van der Waals surface area contributed by atoms with Crippen LogP contribution in [0.2, 0.25) is 5.02 Å². The molecule has 1 atom stereocenters. The molecule has 1 aromatic carbocycles. The van der Waals surface area contributed by atoms with E-state index in [1.54, 1.807) is 24.3 Å². The second-order valence-electron chi connectivity index (χ2n) is 6.65. The standard InChI is InChI=1S/C18H27ClN2O2/c1-13(2)21-9-7-14(8-10-21)11-18(23)20-12-17(22)15-3-5-16(19)6-4-15/h3-6,13-14,17,22H,7-12H2,1-2H3,(H,20,23)/t17-/m1/s1. The van der Waals surface area contributed by atoms with Gasteiger partial charge >= 0.3 is 0 Å². The molecule has 0 aliphatic carbocycles. The van der Waals surface area contributed by atoms with E-state index in [2.05, 4.69) is 24.1 Å². The Morgan fingerprint density at radius 3 is 2.48 bits per heavy atom. The molecule has 4 nitrogen and oxygen atoms in total. The number of carbonyl (C=O) groups excluding carboxylic acids is 1. The van der Waals surface area contributed by atoms with E-state index in [0.717, 1.165) is 31.5 Å². The van der Waals surface area contributed by atoms with E-state index >= 15 is 0 Å². The summed E-state index contributed by atoms with van der Waals surface area (Å²) < 4.78 is 0. The maximum Gasteiger partial charge on any atom is 0.220 e. The highest BCUT2D eigenvalue weighted by molar-refractivity contribution is 6.30. The first-order chi connectivity index (χ1) is 11.0. The first kappa shape index (κ1) is 18.2. The highest BCUT2D eigenvalue weighted by Gasteiger charge is 2.22. The van der Waals surface area contributed by atoms with Crippen LogP contribution in [0.3, 0.4) is 0 Å². The van der Waals surface area contributed by atoms with Crippen LogP contribution >= 0.6 is 11.6 Å². The molecule has 1 fully saturated rings. The van der Waals surface area contributed by atoms with Gasteiger partial charge in [0.15, 0.2) is 0 Å². The lowest BCUT2D eigenvalue weighted by molar-refractivity contribution is -0.122. The number of hydrogen-bond acceptors (Lipinski definition) is 3. The number of rotatable bonds is 6. The number of aliphatic hydroxyl groups is 1. The Labute approximate surface area is 143 Å². The number of piperidine rings is 1. The monoisotopic (exact) mass is 338 g/mol. The Bertz CT molecular complexity index is 496. The third kappa shape index (κ3) is 5.79. The lowest BCUT2D eigenvalue weighted by atomic mass is 9.92. The highest BCUT2D eigenvalue weighted by Crippen LogP contribution is 2.22. The van der Waals surface area contributed by atoms with E-state index in [9.17, 15) is 9.90 Å². The van der Waals surface area contributed by atoms with Crippen molar-refractivity contribution in [1.82, 2.24) is 10.2 Å². The first-order valence-corrected chi connectivity index (χ1v) is 8.77. The molecule has 1 aromatic rings. The van der Waals surface area contributed by atoms with Crippen molar-refractivity contribution in [1.29, 1.82) is 0 Å². The molecule has 1 heterocycles. The molecule has 0 spiro atoms. The molecule has 1 aliphatic rings. The van der Waals surface area contributed by atoms with Gasteiger partial charge in [0, 0.05) is 24.0 Å². The van der Waals surface area contributed by atoms with Crippen molar-refractivity contribution in [3.05, 3.63) is 34.9 Å². The molecule has 0 unspecified atom stereocenters. The SMILES string of the molecule is CC(C)N1CCC(CC(=O)NC[C@@H](O)c2ccc(Cl)cc2)CC1. The zero-order valence-electron chi connectivity index (χ0n) is 14.0. The number of nitrogens with zero attached hydrogens (tertiary/aromatic N) is 1. The summed E-state index contributed by atoms with van der Waals surface area (Å²) in [6.07, 6.45) is 2.01. The van der Waals surface area contributed by atoms with Crippen molar-refractivity contribution < 1.29 is 9.90 Å². The van der Waals surface area contributed by atoms with Crippen LogP contribution in [-0.4, -0.2) is 41.6 Å². The van der Waals surface area contributed by atoms with Crippen LogP contribution in [0, 0.1) is 5.92 Å². The zero-order valence-corrected chi connectivity index (χ0v) is 14.7. The fourth-order valence-corrected chi connectivity index (χ4v) is 3.15. The molecule has 0 saturated carbocycles. The van der Waals surface area contributed by atoms with Gasteiger partial charge in [0.05, 0.1) is 6.10 Å². The molecule has 1 saturated heterocycles. The van der Waals surface area contributed by atoms with Crippen molar-refractivity contribution in [2.75, 3.05) is 19.6 Å². The van der Waals surface area contributed by atoms with Crippen LogP contribution in [0.15, 0.2) is 24.3 Å². The minimum Gasteiger partial charge on any atom is -0.387 e. The predicted octanol–water partition coefficient (Wildman–Crippen LogP) is 3.00. The summed E-state index contributed by atoms with van der Waals surface area (Å²) in [5.41, 5.74) is 0.764. The van der Waals surface area contributed by atoms with Gasteiger partial charge in [-0.1, -0.05) is 23.7 Å². The molecule has 1 amide bonds. The fourth-order valence-electron chi connectivity index (χ4n) is 3.02. The summed E-state index contributed by atoms with van der Waals surface area (Å²) in [5, 5.41) is 13.6. The van der Waals surface area contributed by atoms with Crippen molar-refractivity contribution in [3.8, 4) is 0 Å². The normalized spacial score (nSPS) is 18.1. The van der Waals surface area contributed by atoms with Crippen LogP contribution in [0.4, 0.5) is 0 Å². The van der Waals surface area contributed by atoms with Gasteiger partial charge in [0.25, 0.3) is 0 Å². The van der Waals surface area contributed by atoms with Crippen molar-refractivity contribution >= 4 is 17.5 Å². The number of benzene rings is 1. The maximum atomic E-state index is 12.1. The third-order valence-electron chi connectivity index (χ3n) is 4.60. The molecular weight excluding hydrogens is 312 g/mol. The quantitative estimate of drug-likeness (QED) is 0.838. The summed E-state index contributed by atoms with van der Waals surface area (Å²) in [5.74, 6) is 0.485. The number of hydrogen-bond donors (Lipinski definition) is 2. The lowest BCUT2D eigenvalue weighted by Crippen LogP contribution is -2.40. The highest BCUT2D eigenvalue weighted by atomic mass is 35.5. The van der Waals surface area contributed by atoms with E-state index in [0.29, 0.717) is 23.4 Å². The molecule has 0 aromatic heterocycles. The number of likely N-dealkylation sites (tertiary alicyclic amines) is 1. The minimum atomic E-state index is -0.695. The number of nitrogens with one attached hydrogen (secondary N) is 1. The van der Waals surface area contributed by atoms with Gasteiger partial charge in [-0.2, -0.15) is 0 Å². The summed E-state index contributed by atoms with van der Waals surface area (Å²) in [6, 6.07) is 7.62. The number of aliphatic hydroxyl groups excluding tert-OH is 1. The first-order valence-electron chi connectivity index (χ1n) is 8.40. The molecule has 2 rings (SSSR count). The fraction of sp³-hybridized carbons (Fsp3) is 0.611. The van der Waals surface area contributed by atoms with Crippen molar-refractivity contribution in [2.45, 2.75) is 45.3 Å². The summed E-state index contributed by atoms with van der Waals surface area (Å²) in [4.78, 5) is 14.5. The van der Waals surface area contributed by atoms with Gasteiger partial charge in [-0.25, -0.2) is 0 Å². The van der Waals surface area contributed by atoms with Gasteiger partial charge < -0.3 is 15.3 Å². The summed E-state index contributed by atoms with van der Waals surface area (Å²) in [6.45, 7) is 6.81. The van der Waals surface area contributed by atoms with E-state index in [-0.39, 0.29) is 12.5 Å². The van der Waals surface area contributed by atoms with E-state index in [1.165, 1.54) is 0 Å². The van der Waals surface area contributed by atoms with Crippen LogP contribution < -0.4 is 5.32 Å².